The maximum atomic E-state index is 12.1. The Bertz CT molecular complexity index is 365. The molecule has 0 aromatic heterocycles. The zero-order valence-electron chi connectivity index (χ0n) is 15.2. The molecule has 0 fully saturated rings. The Morgan fingerprint density at radius 2 is 1.62 bits per heavy atom. The van der Waals surface area contributed by atoms with E-state index in [0.29, 0.717) is 19.3 Å². The van der Waals surface area contributed by atoms with Crippen LogP contribution in [0.3, 0.4) is 0 Å². The van der Waals surface area contributed by atoms with Crippen molar-refractivity contribution < 1.29 is 24.5 Å². The highest BCUT2D eigenvalue weighted by atomic mass is 16.5. The zero-order chi connectivity index (χ0) is 18.2. The summed E-state index contributed by atoms with van der Waals surface area (Å²) in [6.45, 7) is 2.11. The molecule has 0 saturated carbocycles. The summed E-state index contributed by atoms with van der Waals surface area (Å²) in [4.78, 5) is 22.5. The minimum Gasteiger partial charge on any atom is -0.481 e. The first kappa shape index (κ1) is 22.8. The second-order valence-corrected chi connectivity index (χ2v) is 6.25. The van der Waals surface area contributed by atoms with Gasteiger partial charge in [-0.25, -0.2) is 0 Å². The van der Waals surface area contributed by atoms with Crippen LogP contribution in [0, 0.1) is 0 Å². The third-order valence-electron chi connectivity index (χ3n) is 4.04. The van der Waals surface area contributed by atoms with Gasteiger partial charge in [-0.2, -0.15) is 0 Å². The Balaban J connectivity index is 3.89. The Labute approximate surface area is 146 Å². The van der Waals surface area contributed by atoms with Crippen molar-refractivity contribution in [3.05, 3.63) is 12.2 Å². The van der Waals surface area contributed by atoms with E-state index >= 15 is 0 Å². The Hall–Kier alpha value is -1.20. The monoisotopic (exact) mass is 342 g/mol. The normalized spacial score (nSPS) is 14.0. The third kappa shape index (κ3) is 13.3. The third-order valence-corrected chi connectivity index (χ3v) is 4.04. The number of aliphatic hydroxyl groups is 1. The Kier molecular flexibility index (Phi) is 14.6. The van der Waals surface area contributed by atoms with Crippen molar-refractivity contribution in [1.29, 1.82) is 0 Å². The summed E-state index contributed by atoms with van der Waals surface area (Å²) in [6, 6.07) is 0. The maximum absolute atomic E-state index is 12.1. The lowest BCUT2D eigenvalue weighted by molar-refractivity contribution is -0.137. The number of carboxylic acids is 1. The van der Waals surface area contributed by atoms with Gasteiger partial charge in [0.1, 0.15) is 6.10 Å². The molecule has 5 nitrogen and oxygen atoms in total. The molecule has 2 N–H and O–H groups in total. The molecule has 2 atom stereocenters. The van der Waals surface area contributed by atoms with E-state index in [0.717, 1.165) is 44.9 Å². The predicted molar refractivity (Wildman–Crippen MR) is 95.0 cm³/mol. The van der Waals surface area contributed by atoms with Gasteiger partial charge in [-0.15, -0.1) is 0 Å². The van der Waals surface area contributed by atoms with Crippen LogP contribution in [0.25, 0.3) is 0 Å². The van der Waals surface area contributed by atoms with Gasteiger partial charge in [-0.3, -0.25) is 9.59 Å². The van der Waals surface area contributed by atoms with Gasteiger partial charge in [0.2, 0.25) is 0 Å². The minimum absolute atomic E-state index is 0.0991. The highest BCUT2D eigenvalue weighted by molar-refractivity contribution is 5.93. The standard InChI is InChI=1S/C19H34O5/c1-3-4-8-11-16(20)14-15-17(21)18(24-2)12-9-6-5-7-10-13-19(22)23/h14-16,18,20H,3-13H2,1-2H3,(H,22,23). The highest BCUT2D eigenvalue weighted by Gasteiger charge is 2.14. The summed E-state index contributed by atoms with van der Waals surface area (Å²) in [5, 5.41) is 18.3. The highest BCUT2D eigenvalue weighted by Crippen LogP contribution is 2.12. The van der Waals surface area contributed by atoms with E-state index in [1.54, 1.807) is 6.08 Å². The molecule has 0 aliphatic carbocycles. The molecule has 140 valence electrons. The van der Waals surface area contributed by atoms with Crippen LogP contribution in [0.4, 0.5) is 0 Å². The number of hydrogen-bond donors (Lipinski definition) is 2. The minimum atomic E-state index is -0.747. The molecule has 0 aliphatic heterocycles. The molecular weight excluding hydrogens is 308 g/mol. The molecule has 0 aliphatic rings. The summed E-state index contributed by atoms with van der Waals surface area (Å²) >= 11 is 0. The maximum Gasteiger partial charge on any atom is 0.303 e. The first-order valence-electron chi connectivity index (χ1n) is 9.16. The average Bonchev–Trinajstić information content (AvgIpc) is 2.55. The molecule has 24 heavy (non-hydrogen) atoms. The summed E-state index contributed by atoms with van der Waals surface area (Å²) in [5.41, 5.74) is 0. The fraction of sp³-hybridized carbons (Fsp3) is 0.789. The molecule has 0 bridgehead atoms. The van der Waals surface area contributed by atoms with Crippen LogP contribution in [-0.4, -0.2) is 41.3 Å². The molecule has 0 aromatic rings. The molecule has 0 heterocycles. The molecule has 0 saturated heterocycles. The molecule has 2 unspecified atom stereocenters. The number of rotatable bonds is 16. The van der Waals surface area contributed by atoms with Gasteiger partial charge in [0, 0.05) is 13.5 Å². The molecule has 0 aromatic carbocycles. The van der Waals surface area contributed by atoms with Crippen LogP contribution in [0.15, 0.2) is 12.2 Å². The summed E-state index contributed by atoms with van der Waals surface area (Å²) in [5.74, 6) is -0.846. The summed E-state index contributed by atoms with van der Waals surface area (Å²) < 4.78 is 5.24. The summed E-state index contributed by atoms with van der Waals surface area (Å²) in [6.07, 6.45) is 11.2. The number of carboxylic acid groups (broad SMARTS) is 1. The second-order valence-electron chi connectivity index (χ2n) is 6.25. The van der Waals surface area contributed by atoms with Gasteiger partial charge >= 0.3 is 5.97 Å². The SMILES string of the molecule is CCCCCC(O)C=CC(=O)C(CCCCCCCC(=O)O)OC. The first-order chi connectivity index (χ1) is 11.5. The smallest absolute Gasteiger partial charge is 0.303 e. The van der Waals surface area contributed by atoms with Crippen LogP contribution < -0.4 is 0 Å². The molecular formula is C19H34O5. The molecule has 0 radical (unpaired) electrons. The number of hydrogen-bond acceptors (Lipinski definition) is 4. The number of unbranched alkanes of at least 4 members (excludes halogenated alkanes) is 6. The number of methoxy groups -OCH3 is 1. The van der Waals surface area contributed by atoms with Crippen molar-refractivity contribution in [1.82, 2.24) is 0 Å². The predicted octanol–water partition coefficient (Wildman–Crippen LogP) is 3.88. The van der Waals surface area contributed by atoms with E-state index in [9.17, 15) is 14.7 Å². The Morgan fingerprint density at radius 3 is 2.25 bits per heavy atom. The van der Waals surface area contributed by atoms with Gasteiger partial charge in [0.05, 0.1) is 6.10 Å². The molecule has 0 amide bonds. The first-order valence-corrected chi connectivity index (χ1v) is 9.16. The number of ether oxygens (including phenoxy) is 1. The number of carbonyl (C=O) groups excluding carboxylic acids is 1. The van der Waals surface area contributed by atoms with E-state index in [1.807, 2.05) is 0 Å². The van der Waals surface area contributed by atoms with Crippen LogP contribution in [0.2, 0.25) is 0 Å². The molecule has 0 rings (SSSR count). The Morgan fingerprint density at radius 1 is 1.00 bits per heavy atom. The van der Waals surface area contributed by atoms with Crippen molar-refractivity contribution in [2.24, 2.45) is 0 Å². The lowest BCUT2D eigenvalue weighted by atomic mass is 10.0. The van der Waals surface area contributed by atoms with Gasteiger partial charge in [-0.1, -0.05) is 57.9 Å². The van der Waals surface area contributed by atoms with E-state index in [-0.39, 0.29) is 12.2 Å². The lowest BCUT2D eigenvalue weighted by Crippen LogP contribution is -2.21. The average molecular weight is 342 g/mol. The van der Waals surface area contributed by atoms with Gasteiger partial charge in [-0.05, 0) is 25.3 Å². The number of carbonyl (C=O) groups is 2. The summed E-state index contributed by atoms with van der Waals surface area (Å²) in [7, 11) is 1.53. The van der Waals surface area contributed by atoms with Crippen molar-refractivity contribution in [2.45, 2.75) is 89.8 Å². The lowest BCUT2D eigenvalue weighted by Gasteiger charge is -2.12. The van der Waals surface area contributed by atoms with Crippen LogP contribution in [0.1, 0.15) is 77.6 Å². The van der Waals surface area contributed by atoms with E-state index in [2.05, 4.69) is 6.92 Å². The van der Waals surface area contributed by atoms with E-state index in [1.165, 1.54) is 13.2 Å². The quantitative estimate of drug-likeness (QED) is 0.328. The van der Waals surface area contributed by atoms with E-state index in [4.69, 9.17) is 9.84 Å². The molecule has 0 spiro atoms. The topological polar surface area (TPSA) is 83.8 Å². The fourth-order valence-corrected chi connectivity index (χ4v) is 2.53. The van der Waals surface area contributed by atoms with Gasteiger partial charge < -0.3 is 14.9 Å². The molecule has 5 heteroatoms. The number of ketones is 1. The van der Waals surface area contributed by atoms with Crippen molar-refractivity contribution in [2.75, 3.05) is 7.11 Å². The van der Waals surface area contributed by atoms with Crippen molar-refractivity contribution in [3.8, 4) is 0 Å². The van der Waals surface area contributed by atoms with Crippen LogP contribution in [-0.2, 0) is 14.3 Å². The van der Waals surface area contributed by atoms with Gasteiger partial charge in [0.15, 0.2) is 5.78 Å². The fourth-order valence-electron chi connectivity index (χ4n) is 2.53. The van der Waals surface area contributed by atoms with Crippen molar-refractivity contribution >= 4 is 11.8 Å². The number of aliphatic hydroxyl groups excluding tert-OH is 1. The van der Waals surface area contributed by atoms with E-state index < -0.39 is 18.2 Å². The van der Waals surface area contributed by atoms with Crippen molar-refractivity contribution in [3.63, 3.8) is 0 Å². The zero-order valence-corrected chi connectivity index (χ0v) is 15.2. The van der Waals surface area contributed by atoms with Crippen LogP contribution >= 0.6 is 0 Å². The van der Waals surface area contributed by atoms with Crippen LogP contribution in [0.5, 0.6) is 0 Å². The largest absolute Gasteiger partial charge is 0.481 e. The number of aliphatic carboxylic acids is 1. The second kappa shape index (κ2) is 15.3. The van der Waals surface area contributed by atoms with Gasteiger partial charge in [0.25, 0.3) is 0 Å².